The monoisotopic (exact) mass is 233 g/mol. The van der Waals surface area contributed by atoms with Crippen molar-refractivity contribution in [1.82, 2.24) is 10.6 Å². The lowest BCUT2D eigenvalue weighted by Gasteiger charge is -2.05. The Hall–Kier alpha value is -2.37. The van der Waals surface area contributed by atoms with Crippen molar-refractivity contribution in [3.63, 3.8) is 0 Å². The summed E-state index contributed by atoms with van der Waals surface area (Å²) in [5, 5.41) is 4.64. The van der Waals surface area contributed by atoms with E-state index in [1.165, 1.54) is 0 Å². The zero-order chi connectivity index (χ0) is 12.3. The Morgan fingerprint density at radius 1 is 1.18 bits per heavy atom. The number of nitrogens with one attached hydrogen (secondary N) is 2. The molecule has 1 saturated heterocycles. The topological polar surface area (TPSA) is 79.8 Å². The Morgan fingerprint density at radius 2 is 1.82 bits per heavy atom. The maximum atomic E-state index is 10.9. The third kappa shape index (κ3) is 2.41. The lowest BCUT2D eigenvalue weighted by atomic mass is 10.2. The summed E-state index contributed by atoms with van der Waals surface area (Å²) in [6, 6.07) is 7.40. The standard InChI is InChI=1S/C11H11N3O3/c1-17-8-5-3-2-4-7(8)6-12-11-13-9(15)10(16)14-11/h2-5H,6H2,1H3,(H2,12,13,14,15,16). The summed E-state index contributed by atoms with van der Waals surface area (Å²) in [4.78, 5) is 25.9. The molecule has 2 rings (SSSR count). The van der Waals surface area contributed by atoms with Crippen LogP contribution in [-0.2, 0) is 16.1 Å². The highest BCUT2D eigenvalue weighted by Gasteiger charge is 2.24. The minimum absolute atomic E-state index is 0.172. The van der Waals surface area contributed by atoms with E-state index in [0.29, 0.717) is 12.3 Å². The van der Waals surface area contributed by atoms with Crippen LogP contribution in [-0.4, -0.2) is 24.9 Å². The summed E-state index contributed by atoms with van der Waals surface area (Å²) in [7, 11) is 1.57. The highest BCUT2D eigenvalue weighted by molar-refractivity contribution is 6.45. The fourth-order valence-corrected chi connectivity index (χ4v) is 1.44. The molecule has 2 amide bonds. The molecule has 88 valence electrons. The molecule has 6 nitrogen and oxygen atoms in total. The maximum Gasteiger partial charge on any atom is 0.316 e. The van der Waals surface area contributed by atoms with Gasteiger partial charge < -0.3 is 4.74 Å². The summed E-state index contributed by atoms with van der Waals surface area (Å²) in [6.45, 7) is 0.319. The predicted molar refractivity (Wildman–Crippen MR) is 60.4 cm³/mol. The maximum absolute atomic E-state index is 10.9. The van der Waals surface area contributed by atoms with Crippen LogP contribution < -0.4 is 15.4 Å². The van der Waals surface area contributed by atoms with Crippen molar-refractivity contribution in [3.8, 4) is 5.75 Å². The average Bonchev–Trinajstić information content (AvgIpc) is 2.66. The smallest absolute Gasteiger partial charge is 0.316 e. The van der Waals surface area contributed by atoms with Gasteiger partial charge in [0.15, 0.2) is 0 Å². The van der Waals surface area contributed by atoms with Crippen LogP contribution in [0, 0.1) is 0 Å². The quantitative estimate of drug-likeness (QED) is 0.709. The molecule has 0 aromatic heterocycles. The summed E-state index contributed by atoms with van der Waals surface area (Å²) < 4.78 is 5.16. The van der Waals surface area contributed by atoms with Gasteiger partial charge in [-0.05, 0) is 6.07 Å². The number of guanidine groups is 1. The van der Waals surface area contributed by atoms with Crippen molar-refractivity contribution < 1.29 is 14.3 Å². The summed E-state index contributed by atoms with van der Waals surface area (Å²) >= 11 is 0. The van der Waals surface area contributed by atoms with Crippen LogP contribution in [0.5, 0.6) is 5.75 Å². The van der Waals surface area contributed by atoms with E-state index in [-0.39, 0.29) is 5.96 Å². The SMILES string of the molecule is COc1ccccc1CN=C1NC(=O)C(=O)N1. The van der Waals surface area contributed by atoms with Gasteiger partial charge in [0, 0.05) is 5.56 Å². The molecule has 2 N–H and O–H groups in total. The lowest BCUT2D eigenvalue weighted by molar-refractivity contribution is -0.135. The van der Waals surface area contributed by atoms with Gasteiger partial charge in [-0.3, -0.25) is 20.2 Å². The largest absolute Gasteiger partial charge is 0.496 e. The van der Waals surface area contributed by atoms with Crippen molar-refractivity contribution >= 4 is 17.8 Å². The summed E-state index contributed by atoms with van der Waals surface area (Å²) in [5.74, 6) is -0.494. The van der Waals surface area contributed by atoms with Crippen LogP contribution in [0.3, 0.4) is 0 Å². The Morgan fingerprint density at radius 3 is 2.47 bits per heavy atom. The number of ether oxygens (including phenoxy) is 1. The number of benzene rings is 1. The minimum atomic E-state index is -0.691. The van der Waals surface area contributed by atoms with Crippen molar-refractivity contribution in [2.45, 2.75) is 6.54 Å². The molecule has 17 heavy (non-hydrogen) atoms. The molecule has 0 radical (unpaired) electrons. The van der Waals surface area contributed by atoms with Crippen LogP contribution in [0.2, 0.25) is 0 Å². The van der Waals surface area contributed by atoms with E-state index >= 15 is 0 Å². The van der Waals surface area contributed by atoms with Crippen molar-refractivity contribution in [1.29, 1.82) is 0 Å². The molecule has 1 aliphatic rings. The van der Waals surface area contributed by atoms with E-state index in [1.807, 2.05) is 24.3 Å². The second-order valence-electron chi connectivity index (χ2n) is 3.38. The molecule has 0 spiro atoms. The number of methoxy groups -OCH3 is 1. The Bertz CT molecular complexity index is 478. The number of hydrogen-bond donors (Lipinski definition) is 2. The molecule has 1 aliphatic heterocycles. The van der Waals surface area contributed by atoms with Gasteiger partial charge in [0.1, 0.15) is 5.75 Å². The Balaban J connectivity index is 2.10. The van der Waals surface area contributed by atoms with Gasteiger partial charge in [0.2, 0.25) is 5.96 Å². The minimum Gasteiger partial charge on any atom is -0.496 e. The van der Waals surface area contributed by atoms with E-state index < -0.39 is 11.8 Å². The first kappa shape index (κ1) is 11.1. The first-order valence-corrected chi connectivity index (χ1v) is 4.99. The van der Waals surface area contributed by atoms with Crippen molar-refractivity contribution in [2.75, 3.05) is 7.11 Å². The number of aliphatic imine (C=N–C) groups is 1. The second-order valence-corrected chi connectivity index (χ2v) is 3.38. The molecule has 1 aromatic carbocycles. The highest BCUT2D eigenvalue weighted by Crippen LogP contribution is 2.17. The van der Waals surface area contributed by atoms with Crippen LogP contribution >= 0.6 is 0 Å². The van der Waals surface area contributed by atoms with Crippen molar-refractivity contribution in [2.24, 2.45) is 4.99 Å². The fraction of sp³-hybridized carbons (Fsp3) is 0.182. The summed E-state index contributed by atoms with van der Waals surface area (Å²) in [5.41, 5.74) is 0.873. The number of carbonyl (C=O) groups is 2. The molecule has 6 heteroatoms. The molecule has 0 bridgehead atoms. The van der Waals surface area contributed by atoms with E-state index in [9.17, 15) is 9.59 Å². The molecule has 0 aliphatic carbocycles. The van der Waals surface area contributed by atoms with Gasteiger partial charge in [-0.2, -0.15) is 0 Å². The molecule has 0 saturated carbocycles. The van der Waals surface area contributed by atoms with Crippen LogP contribution in [0.25, 0.3) is 0 Å². The van der Waals surface area contributed by atoms with Crippen molar-refractivity contribution in [3.05, 3.63) is 29.8 Å². The zero-order valence-electron chi connectivity index (χ0n) is 9.19. The number of nitrogens with zero attached hydrogens (tertiary/aromatic N) is 1. The number of hydrogen-bond acceptors (Lipinski definition) is 4. The molecular formula is C11H11N3O3. The second kappa shape index (κ2) is 4.65. The fourth-order valence-electron chi connectivity index (χ4n) is 1.44. The number of rotatable bonds is 3. The molecule has 0 atom stereocenters. The molecule has 1 fully saturated rings. The predicted octanol–water partition coefficient (Wildman–Crippen LogP) is -0.203. The van der Waals surface area contributed by atoms with Crippen LogP contribution in [0.4, 0.5) is 0 Å². The zero-order valence-corrected chi connectivity index (χ0v) is 9.19. The third-order valence-corrected chi connectivity index (χ3v) is 2.27. The number of carbonyl (C=O) groups excluding carboxylic acids is 2. The van der Waals surface area contributed by atoms with Gasteiger partial charge in [-0.15, -0.1) is 0 Å². The summed E-state index contributed by atoms with van der Waals surface area (Å²) in [6.07, 6.45) is 0. The molecule has 0 unspecified atom stereocenters. The first-order valence-electron chi connectivity index (χ1n) is 4.99. The van der Waals surface area contributed by atoms with Gasteiger partial charge >= 0.3 is 11.8 Å². The van der Waals surface area contributed by atoms with E-state index in [0.717, 1.165) is 5.56 Å². The van der Waals surface area contributed by atoms with Crippen LogP contribution in [0.15, 0.2) is 29.3 Å². The Kier molecular flexibility index (Phi) is 3.04. The molecule has 1 heterocycles. The van der Waals surface area contributed by atoms with E-state index in [4.69, 9.17) is 4.74 Å². The Labute approximate surface area is 97.7 Å². The van der Waals surface area contributed by atoms with E-state index in [2.05, 4.69) is 15.6 Å². The van der Waals surface area contributed by atoms with Crippen LogP contribution in [0.1, 0.15) is 5.56 Å². The molecular weight excluding hydrogens is 222 g/mol. The first-order chi connectivity index (χ1) is 8.20. The molecule has 1 aromatic rings. The van der Waals surface area contributed by atoms with Gasteiger partial charge in [0.25, 0.3) is 0 Å². The van der Waals surface area contributed by atoms with E-state index in [1.54, 1.807) is 7.11 Å². The van der Waals surface area contributed by atoms with Gasteiger partial charge in [-0.1, -0.05) is 18.2 Å². The highest BCUT2D eigenvalue weighted by atomic mass is 16.5. The lowest BCUT2D eigenvalue weighted by Crippen LogP contribution is -2.25. The normalized spacial score (nSPS) is 14.3. The van der Waals surface area contributed by atoms with Gasteiger partial charge in [-0.25, -0.2) is 4.99 Å². The number of amides is 2. The van der Waals surface area contributed by atoms with Gasteiger partial charge in [0.05, 0.1) is 13.7 Å². The third-order valence-electron chi connectivity index (χ3n) is 2.27. The average molecular weight is 233 g/mol. The number of para-hydroxylation sites is 1.